The molecule has 4 atom stereocenters. The summed E-state index contributed by atoms with van der Waals surface area (Å²) in [7, 11) is 1.58. The predicted molar refractivity (Wildman–Crippen MR) is 90.9 cm³/mol. The third kappa shape index (κ3) is 2.52. The van der Waals surface area contributed by atoms with Crippen LogP contribution < -0.4 is 4.74 Å². The Hall–Kier alpha value is -2.49. The number of carbonyl (C=O) groups excluding carboxylic acids is 1. The lowest BCUT2D eigenvalue weighted by atomic mass is 9.59. The van der Waals surface area contributed by atoms with Crippen LogP contribution in [-0.2, 0) is 0 Å². The Morgan fingerprint density at radius 1 is 1.12 bits per heavy atom. The molecule has 1 saturated carbocycles. The van der Waals surface area contributed by atoms with E-state index in [9.17, 15) is 4.79 Å². The lowest BCUT2D eigenvalue weighted by Gasteiger charge is -2.44. The number of carbonyl (C=O) groups is 1. The lowest BCUT2D eigenvalue weighted by molar-refractivity contribution is 0.0769. The number of nitrogens with zero attached hydrogens (tertiary/aromatic N) is 2. The van der Waals surface area contributed by atoms with Crippen LogP contribution in [0.4, 0.5) is 0 Å². The van der Waals surface area contributed by atoms with E-state index in [1.165, 1.54) is 0 Å². The second kappa shape index (κ2) is 6.19. The number of fused-ring (bicyclic) bond motifs is 2. The minimum Gasteiger partial charge on any atom is -0.481 e. The number of rotatable bonds is 4. The third-order valence-electron chi connectivity index (χ3n) is 5.35. The Kier molecular flexibility index (Phi) is 3.89. The zero-order valence-electron chi connectivity index (χ0n) is 13.6. The van der Waals surface area contributed by atoms with Gasteiger partial charge in [-0.05, 0) is 42.4 Å². The molecular formula is C20H20N2O2. The molecule has 0 N–H and O–H groups in total. The van der Waals surface area contributed by atoms with E-state index in [0.717, 1.165) is 18.4 Å². The monoisotopic (exact) mass is 320 g/mol. The van der Waals surface area contributed by atoms with Crippen LogP contribution in [0.1, 0.15) is 34.7 Å². The van der Waals surface area contributed by atoms with E-state index in [2.05, 4.69) is 28.2 Å². The Labute approximate surface area is 141 Å². The van der Waals surface area contributed by atoms with Crippen molar-refractivity contribution in [3.63, 3.8) is 0 Å². The SMILES string of the molecule is COc1ccc(C(=O)C2C3C=CC(CC3)C2c2cccnc2)cn1. The summed E-state index contributed by atoms with van der Waals surface area (Å²) in [4.78, 5) is 21.7. The summed E-state index contributed by atoms with van der Waals surface area (Å²) < 4.78 is 5.09. The maximum Gasteiger partial charge on any atom is 0.212 e. The molecule has 1 fully saturated rings. The normalized spacial score (nSPS) is 27.9. The van der Waals surface area contributed by atoms with Gasteiger partial charge in [0.2, 0.25) is 5.88 Å². The minimum absolute atomic E-state index is 0.0341. The lowest BCUT2D eigenvalue weighted by Crippen LogP contribution is -2.40. The number of Topliss-reactive ketones (excluding diaryl/α,β-unsaturated/α-hetero) is 1. The van der Waals surface area contributed by atoms with E-state index >= 15 is 0 Å². The number of aromatic nitrogens is 2. The highest BCUT2D eigenvalue weighted by atomic mass is 16.5. The van der Waals surface area contributed by atoms with Gasteiger partial charge in [-0.3, -0.25) is 9.78 Å². The van der Waals surface area contributed by atoms with E-state index in [4.69, 9.17) is 4.74 Å². The zero-order chi connectivity index (χ0) is 16.5. The van der Waals surface area contributed by atoms with Crippen LogP contribution >= 0.6 is 0 Å². The highest BCUT2D eigenvalue weighted by Crippen LogP contribution is 2.50. The number of ketones is 1. The molecule has 122 valence electrons. The summed E-state index contributed by atoms with van der Waals surface area (Å²) in [6, 6.07) is 7.63. The Morgan fingerprint density at radius 2 is 1.96 bits per heavy atom. The summed E-state index contributed by atoms with van der Waals surface area (Å²) in [6.45, 7) is 0. The Bertz CT molecular complexity index is 755. The molecule has 2 aromatic rings. The fourth-order valence-corrected chi connectivity index (χ4v) is 4.22. The second-order valence-electron chi connectivity index (χ2n) is 6.58. The van der Waals surface area contributed by atoms with Gasteiger partial charge in [-0.25, -0.2) is 4.98 Å². The van der Waals surface area contributed by atoms with Crippen molar-refractivity contribution in [1.29, 1.82) is 0 Å². The minimum atomic E-state index is -0.0341. The van der Waals surface area contributed by atoms with E-state index in [1.807, 2.05) is 18.3 Å². The molecule has 5 rings (SSSR count). The molecule has 4 heteroatoms. The first kappa shape index (κ1) is 15.1. The average Bonchev–Trinajstić information content (AvgIpc) is 2.68. The molecule has 3 aliphatic rings. The van der Waals surface area contributed by atoms with Gasteiger partial charge in [-0.15, -0.1) is 0 Å². The molecule has 2 bridgehead atoms. The molecule has 0 amide bonds. The Morgan fingerprint density at radius 3 is 2.58 bits per heavy atom. The van der Waals surface area contributed by atoms with E-state index < -0.39 is 0 Å². The number of hydrogen-bond donors (Lipinski definition) is 0. The first-order chi connectivity index (χ1) is 11.8. The van der Waals surface area contributed by atoms with Crippen LogP contribution in [0.5, 0.6) is 5.88 Å². The number of allylic oxidation sites excluding steroid dienone is 2. The summed E-state index contributed by atoms with van der Waals surface area (Å²) in [5.74, 6) is 1.60. The van der Waals surface area contributed by atoms with Gasteiger partial charge in [0.05, 0.1) is 7.11 Å². The summed E-state index contributed by atoms with van der Waals surface area (Å²) in [5.41, 5.74) is 1.83. The van der Waals surface area contributed by atoms with Gasteiger partial charge in [-0.2, -0.15) is 0 Å². The molecule has 0 aromatic carbocycles. The summed E-state index contributed by atoms with van der Waals surface area (Å²) >= 11 is 0. The highest BCUT2D eigenvalue weighted by molar-refractivity contribution is 5.98. The molecule has 0 saturated heterocycles. The smallest absolute Gasteiger partial charge is 0.212 e. The molecule has 4 unspecified atom stereocenters. The first-order valence-corrected chi connectivity index (χ1v) is 8.40. The molecule has 0 spiro atoms. The van der Waals surface area contributed by atoms with Crippen molar-refractivity contribution >= 4 is 5.78 Å². The molecule has 4 nitrogen and oxygen atoms in total. The summed E-state index contributed by atoms with van der Waals surface area (Å²) in [5, 5.41) is 0. The first-order valence-electron chi connectivity index (χ1n) is 8.40. The molecule has 3 aliphatic carbocycles. The number of hydrogen-bond acceptors (Lipinski definition) is 4. The third-order valence-corrected chi connectivity index (χ3v) is 5.35. The molecule has 24 heavy (non-hydrogen) atoms. The van der Waals surface area contributed by atoms with Gasteiger partial charge < -0.3 is 4.74 Å². The second-order valence-corrected chi connectivity index (χ2v) is 6.58. The van der Waals surface area contributed by atoms with Crippen molar-refractivity contribution in [3.8, 4) is 5.88 Å². The van der Waals surface area contributed by atoms with Crippen LogP contribution in [0.25, 0.3) is 0 Å². The molecule has 0 aliphatic heterocycles. The van der Waals surface area contributed by atoms with Crippen LogP contribution in [0.3, 0.4) is 0 Å². The van der Waals surface area contributed by atoms with Gasteiger partial charge in [0.25, 0.3) is 0 Å². The van der Waals surface area contributed by atoms with Crippen LogP contribution in [0, 0.1) is 17.8 Å². The fraction of sp³-hybridized carbons (Fsp3) is 0.350. The topological polar surface area (TPSA) is 52.1 Å². The zero-order valence-corrected chi connectivity index (χ0v) is 13.6. The van der Waals surface area contributed by atoms with Crippen molar-refractivity contribution in [3.05, 3.63) is 66.1 Å². The van der Waals surface area contributed by atoms with Crippen LogP contribution in [-0.4, -0.2) is 22.9 Å². The average molecular weight is 320 g/mol. The van der Waals surface area contributed by atoms with E-state index in [1.54, 1.807) is 25.6 Å². The summed E-state index contributed by atoms with van der Waals surface area (Å²) in [6.07, 6.45) is 12.1. The van der Waals surface area contributed by atoms with Gasteiger partial charge in [0.1, 0.15) is 0 Å². The quantitative estimate of drug-likeness (QED) is 0.637. The van der Waals surface area contributed by atoms with Gasteiger partial charge in [-0.1, -0.05) is 18.2 Å². The number of methoxy groups -OCH3 is 1. The van der Waals surface area contributed by atoms with Gasteiger partial charge in [0, 0.05) is 42.1 Å². The molecule has 2 aromatic heterocycles. The Balaban J connectivity index is 1.70. The molecule has 0 radical (unpaired) electrons. The maximum absolute atomic E-state index is 13.2. The van der Waals surface area contributed by atoms with Crippen molar-refractivity contribution < 1.29 is 9.53 Å². The van der Waals surface area contributed by atoms with E-state index in [-0.39, 0.29) is 17.6 Å². The maximum atomic E-state index is 13.2. The number of ether oxygens (including phenoxy) is 1. The molecular weight excluding hydrogens is 300 g/mol. The fourth-order valence-electron chi connectivity index (χ4n) is 4.22. The van der Waals surface area contributed by atoms with Crippen molar-refractivity contribution in [1.82, 2.24) is 9.97 Å². The predicted octanol–water partition coefficient (Wildman–Crippen LogP) is 3.66. The standard InChI is InChI=1S/C20H20N2O2/c1-24-17-9-8-16(12-22-17)20(23)19-14-6-4-13(5-7-14)18(19)15-3-2-10-21-11-15/h2-4,6,8-14,18-19H,5,7H2,1H3. The van der Waals surface area contributed by atoms with Crippen molar-refractivity contribution in [2.45, 2.75) is 18.8 Å². The van der Waals surface area contributed by atoms with Gasteiger partial charge >= 0.3 is 0 Å². The van der Waals surface area contributed by atoms with Crippen molar-refractivity contribution in [2.75, 3.05) is 7.11 Å². The largest absolute Gasteiger partial charge is 0.481 e. The highest BCUT2D eigenvalue weighted by Gasteiger charge is 2.45. The van der Waals surface area contributed by atoms with Crippen LogP contribution in [0.15, 0.2) is 55.0 Å². The molecule has 2 heterocycles. The van der Waals surface area contributed by atoms with Crippen molar-refractivity contribution in [2.24, 2.45) is 17.8 Å². The van der Waals surface area contributed by atoms with Gasteiger partial charge in [0.15, 0.2) is 5.78 Å². The number of pyridine rings is 2. The van der Waals surface area contributed by atoms with Crippen LogP contribution in [0.2, 0.25) is 0 Å². The van der Waals surface area contributed by atoms with E-state index in [0.29, 0.717) is 23.3 Å².